The van der Waals surface area contributed by atoms with Gasteiger partial charge < -0.3 is 0 Å². The molecule has 0 saturated carbocycles. The summed E-state index contributed by atoms with van der Waals surface area (Å²) in [5, 5.41) is 0. The molecule has 2 saturated heterocycles. The minimum absolute atomic E-state index is 0.447. The van der Waals surface area contributed by atoms with Crippen LogP contribution in [-0.2, 0) is 0 Å². The zero-order chi connectivity index (χ0) is 13.1. The highest BCUT2D eigenvalue weighted by Crippen LogP contribution is 2.26. The Labute approximate surface area is 116 Å². The SMILES string of the molecule is CC(c1ccccn1)N1CCCN2CCCCC2C1. The maximum atomic E-state index is 4.53. The van der Waals surface area contributed by atoms with Crippen molar-refractivity contribution in [3.8, 4) is 0 Å². The second-order valence-corrected chi connectivity index (χ2v) is 5.96. The Bertz CT molecular complexity index is 392. The third kappa shape index (κ3) is 2.98. The highest BCUT2D eigenvalue weighted by Gasteiger charge is 2.29. The van der Waals surface area contributed by atoms with Crippen molar-refractivity contribution in [2.75, 3.05) is 26.2 Å². The number of fused-ring (bicyclic) bond motifs is 1. The normalized spacial score (nSPS) is 27.5. The Balaban J connectivity index is 1.70. The minimum Gasteiger partial charge on any atom is -0.299 e. The van der Waals surface area contributed by atoms with Crippen LogP contribution in [0.2, 0.25) is 0 Å². The van der Waals surface area contributed by atoms with Crippen LogP contribution < -0.4 is 0 Å². The van der Waals surface area contributed by atoms with E-state index in [1.807, 2.05) is 12.3 Å². The summed E-state index contributed by atoms with van der Waals surface area (Å²) < 4.78 is 0. The van der Waals surface area contributed by atoms with Gasteiger partial charge in [-0.1, -0.05) is 12.5 Å². The number of rotatable bonds is 2. The van der Waals surface area contributed by atoms with Crippen LogP contribution in [0.1, 0.15) is 44.3 Å². The van der Waals surface area contributed by atoms with Crippen molar-refractivity contribution in [2.24, 2.45) is 0 Å². The van der Waals surface area contributed by atoms with Gasteiger partial charge in [0.1, 0.15) is 0 Å². The standard InChI is InChI=1S/C16H25N3/c1-14(16-8-2-4-9-17-16)19-12-6-11-18-10-5-3-7-15(18)13-19/h2,4,8-9,14-15H,3,5-7,10-13H2,1H3. The van der Waals surface area contributed by atoms with E-state index in [2.05, 4.69) is 33.8 Å². The van der Waals surface area contributed by atoms with Gasteiger partial charge in [-0.05, 0) is 51.4 Å². The summed E-state index contributed by atoms with van der Waals surface area (Å²) >= 11 is 0. The molecule has 0 aliphatic carbocycles. The zero-order valence-corrected chi connectivity index (χ0v) is 12.0. The lowest BCUT2D eigenvalue weighted by molar-refractivity contribution is 0.122. The summed E-state index contributed by atoms with van der Waals surface area (Å²) in [5.74, 6) is 0. The predicted molar refractivity (Wildman–Crippen MR) is 78.1 cm³/mol. The van der Waals surface area contributed by atoms with Gasteiger partial charge in [-0.15, -0.1) is 0 Å². The Morgan fingerprint density at radius 3 is 2.89 bits per heavy atom. The molecule has 0 spiro atoms. The van der Waals surface area contributed by atoms with Crippen LogP contribution >= 0.6 is 0 Å². The Kier molecular flexibility index (Phi) is 4.14. The van der Waals surface area contributed by atoms with Gasteiger partial charge in [0.15, 0.2) is 0 Å². The topological polar surface area (TPSA) is 19.4 Å². The summed E-state index contributed by atoms with van der Waals surface area (Å²) in [6, 6.07) is 7.49. The third-order valence-electron chi connectivity index (χ3n) is 4.75. The Hall–Kier alpha value is -0.930. The molecule has 19 heavy (non-hydrogen) atoms. The van der Waals surface area contributed by atoms with E-state index in [-0.39, 0.29) is 0 Å². The van der Waals surface area contributed by atoms with E-state index in [0.717, 1.165) is 6.04 Å². The summed E-state index contributed by atoms with van der Waals surface area (Å²) in [4.78, 5) is 9.89. The van der Waals surface area contributed by atoms with Crippen LogP contribution in [0.25, 0.3) is 0 Å². The molecule has 104 valence electrons. The third-order valence-corrected chi connectivity index (χ3v) is 4.75. The molecule has 2 aliphatic heterocycles. The lowest BCUT2D eigenvalue weighted by atomic mass is 10.0. The Morgan fingerprint density at radius 1 is 1.16 bits per heavy atom. The Morgan fingerprint density at radius 2 is 2.05 bits per heavy atom. The molecule has 3 heterocycles. The molecular weight excluding hydrogens is 234 g/mol. The van der Waals surface area contributed by atoms with Crippen molar-refractivity contribution in [3.05, 3.63) is 30.1 Å². The first-order chi connectivity index (χ1) is 9.34. The van der Waals surface area contributed by atoms with E-state index >= 15 is 0 Å². The zero-order valence-electron chi connectivity index (χ0n) is 12.0. The van der Waals surface area contributed by atoms with Gasteiger partial charge in [0.2, 0.25) is 0 Å². The first kappa shape index (κ1) is 13.1. The molecule has 2 unspecified atom stereocenters. The second kappa shape index (κ2) is 6.02. The lowest BCUT2D eigenvalue weighted by Crippen LogP contribution is -2.44. The van der Waals surface area contributed by atoms with Crippen molar-refractivity contribution in [3.63, 3.8) is 0 Å². The van der Waals surface area contributed by atoms with Gasteiger partial charge in [-0.25, -0.2) is 0 Å². The molecule has 0 aromatic carbocycles. The molecule has 1 aromatic heterocycles. The van der Waals surface area contributed by atoms with Crippen molar-refractivity contribution in [2.45, 2.75) is 44.7 Å². The molecule has 2 aliphatic rings. The number of piperidine rings is 1. The second-order valence-electron chi connectivity index (χ2n) is 5.96. The van der Waals surface area contributed by atoms with Crippen LogP contribution in [0.4, 0.5) is 0 Å². The monoisotopic (exact) mass is 259 g/mol. The number of pyridine rings is 1. The molecule has 3 heteroatoms. The fourth-order valence-corrected chi connectivity index (χ4v) is 3.56. The molecule has 3 rings (SSSR count). The maximum absolute atomic E-state index is 4.53. The predicted octanol–water partition coefficient (Wildman–Crippen LogP) is 2.70. The van der Waals surface area contributed by atoms with Crippen molar-refractivity contribution in [1.82, 2.24) is 14.8 Å². The highest BCUT2D eigenvalue weighted by molar-refractivity contribution is 5.08. The minimum atomic E-state index is 0.447. The van der Waals surface area contributed by atoms with E-state index in [1.54, 1.807) is 0 Å². The van der Waals surface area contributed by atoms with Gasteiger partial charge >= 0.3 is 0 Å². The fourth-order valence-electron chi connectivity index (χ4n) is 3.56. The molecule has 0 N–H and O–H groups in total. The van der Waals surface area contributed by atoms with Gasteiger partial charge in [0, 0.05) is 31.4 Å². The first-order valence-electron chi connectivity index (χ1n) is 7.73. The highest BCUT2D eigenvalue weighted by atomic mass is 15.3. The molecule has 1 aromatic rings. The van der Waals surface area contributed by atoms with E-state index in [0.29, 0.717) is 6.04 Å². The van der Waals surface area contributed by atoms with Crippen molar-refractivity contribution >= 4 is 0 Å². The number of hydrogen-bond acceptors (Lipinski definition) is 3. The quantitative estimate of drug-likeness (QED) is 0.814. The summed E-state index contributed by atoms with van der Waals surface area (Å²) in [6.45, 7) is 7.34. The summed E-state index contributed by atoms with van der Waals surface area (Å²) in [7, 11) is 0. The number of hydrogen-bond donors (Lipinski definition) is 0. The van der Waals surface area contributed by atoms with Crippen LogP contribution in [0.3, 0.4) is 0 Å². The first-order valence-corrected chi connectivity index (χ1v) is 7.73. The van der Waals surface area contributed by atoms with Crippen LogP contribution in [0.15, 0.2) is 24.4 Å². The number of aromatic nitrogens is 1. The molecule has 2 fully saturated rings. The van der Waals surface area contributed by atoms with Crippen LogP contribution in [-0.4, -0.2) is 47.0 Å². The fraction of sp³-hybridized carbons (Fsp3) is 0.688. The van der Waals surface area contributed by atoms with Gasteiger partial charge in [0.05, 0.1) is 5.69 Å². The average molecular weight is 259 g/mol. The van der Waals surface area contributed by atoms with Gasteiger partial charge in [-0.3, -0.25) is 14.8 Å². The molecule has 0 bridgehead atoms. The number of nitrogens with zero attached hydrogens (tertiary/aromatic N) is 3. The summed E-state index contributed by atoms with van der Waals surface area (Å²) in [5.41, 5.74) is 1.21. The maximum Gasteiger partial charge on any atom is 0.0572 e. The van der Waals surface area contributed by atoms with Gasteiger partial charge in [-0.2, -0.15) is 0 Å². The van der Waals surface area contributed by atoms with E-state index < -0.39 is 0 Å². The molecule has 0 amide bonds. The molecule has 3 nitrogen and oxygen atoms in total. The van der Waals surface area contributed by atoms with Gasteiger partial charge in [0.25, 0.3) is 0 Å². The van der Waals surface area contributed by atoms with Crippen molar-refractivity contribution in [1.29, 1.82) is 0 Å². The van der Waals surface area contributed by atoms with E-state index in [9.17, 15) is 0 Å². The largest absolute Gasteiger partial charge is 0.299 e. The smallest absolute Gasteiger partial charge is 0.0572 e. The summed E-state index contributed by atoms with van der Waals surface area (Å²) in [6.07, 6.45) is 7.40. The van der Waals surface area contributed by atoms with Crippen molar-refractivity contribution < 1.29 is 0 Å². The van der Waals surface area contributed by atoms with Crippen LogP contribution in [0, 0.1) is 0 Å². The molecule has 0 radical (unpaired) electrons. The molecule has 2 atom stereocenters. The average Bonchev–Trinajstić information content (AvgIpc) is 2.69. The lowest BCUT2D eigenvalue weighted by Gasteiger charge is -2.36. The molecular formula is C16H25N3. The van der Waals surface area contributed by atoms with E-state index in [4.69, 9.17) is 0 Å². The van der Waals surface area contributed by atoms with E-state index in [1.165, 1.54) is 57.6 Å². The van der Waals surface area contributed by atoms with Crippen LogP contribution in [0.5, 0.6) is 0 Å².